The van der Waals surface area contributed by atoms with Crippen LogP contribution in [0.25, 0.3) is 0 Å². The molecule has 3 rings (SSSR count). The molecule has 3 atom stereocenters. The van der Waals surface area contributed by atoms with E-state index in [-0.39, 0.29) is 17.9 Å². The van der Waals surface area contributed by atoms with E-state index >= 15 is 0 Å². The summed E-state index contributed by atoms with van der Waals surface area (Å²) in [5.74, 6) is -0.191. The molecule has 1 saturated heterocycles. The average molecular weight is 285 g/mol. The Balaban J connectivity index is 1.87. The number of nitrogens with one attached hydrogen (secondary N) is 1. The minimum atomic E-state index is -0.962. The lowest BCUT2D eigenvalue weighted by atomic mass is 9.48. The van der Waals surface area contributed by atoms with Crippen molar-refractivity contribution >= 4 is 11.6 Å². The van der Waals surface area contributed by atoms with Crippen LogP contribution in [0.5, 0.6) is 0 Å². The van der Waals surface area contributed by atoms with Crippen molar-refractivity contribution in [3.63, 3.8) is 0 Å². The Morgan fingerprint density at radius 1 is 1.48 bits per heavy atom. The molecule has 0 aromatic heterocycles. The second kappa shape index (κ2) is 4.55. The number of para-hydroxylation sites is 1. The first kappa shape index (κ1) is 14.1. The standard InChI is InChI=1S/C16H19N3O2/c1-15(2)13-11(7-8-21-13)16(15,18)14(20)19-12-6-4-3-5-10(12)9-17/h3-6,11,13H,7-8,18H2,1-2H3,(H,19,20). The van der Waals surface area contributed by atoms with Gasteiger partial charge < -0.3 is 15.8 Å². The first-order chi connectivity index (χ1) is 9.92. The molecule has 1 amide bonds. The maximum atomic E-state index is 12.7. The summed E-state index contributed by atoms with van der Waals surface area (Å²) < 4.78 is 5.70. The normalized spacial score (nSPS) is 32.7. The molecule has 2 fully saturated rings. The van der Waals surface area contributed by atoms with Crippen molar-refractivity contribution in [3.8, 4) is 6.07 Å². The molecular weight excluding hydrogens is 266 g/mol. The third-order valence-electron chi connectivity index (χ3n) is 5.13. The molecule has 1 aromatic rings. The molecule has 1 heterocycles. The van der Waals surface area contributed by atoms with E-state index in [1.54, 1.807) is 24.3 Å². The van der Waals surface area contributed by atoms with Crippen LogP contribution in [0.1, 0.15) is 25.8 Å². The Bertz CT molecular complexity index is 635. The Kier molecular flexibility index (Phi) is 3.05. The molecule has 1 aliphatic heterocycles. The Morgan fingerprint density at radius 3 is 2.90 bits per heavy atom. The molecule has 1 saturated carbocycles. The average Bonchev–Trinajstić information content (AvgIpc) is 2.95. The number of fused-ring (bicyclic) bond motifs is 1. The van der Waals surface area contributed by atoms with Gasteiger partial charge in [-0.3, -0.25) is 4.79 Å². The summed E-state index contributed by atoms with van der Waals surface area (Å²) in [6.45, 7) is 4.59. The third kappa shape index (κ3) is 1.73. The molecule has 5 nitrogen and oxygen atoms in total. The molecule has 110 valence electrons. The van der Waals surface area contributed by atoms with Gasteiger partial charge in [0, 0.05) is 17.9 Å². The highest BCUT2D eigenvalue weighted by Gasteiger charge is 2.71. The molecule has 1 aliphatic carbocycles. The van der Waals surface area contributed by atoms with Crippen molar-refractivity contribution in [2.45, 2.75) is 31.9 Å². The molecule has 3 N–H and O–H groups in total. The predicted molar refractivity (Wildman–Crippen MR) is 78.3 cm³/mol. The lowest BCUT2D eigenvalue weighted by Crippen LogP contribution is -2.79. The van der Waals surface area contributed by atoms with Gasteiger partial charge >= 0.3 is 0 Å². The molecule has 2 aliphatic rings. The number of benzene rings is 1. The molecule has 5 heteroatoms. The molecule has 1 aromatic carbocycles. The van der Waals surface area contributed by atoms with Crippen LogP contribution in [-0.2, 0) is 9.53 Å². The quantitative estimate of drug-likeness (QED) is 0.864. The van der Waals surface area contributed by atoms with Crippen molar-refractivity contribution in [1.29, 1.82) is 5.26 Å². The van der Waals surface area contributed by atoms with Crippen LogP contribution in [0.2, 0.25) is 0 Å². The zero-order valence-corrected chi connectivity index (χ0v) is 12.2. The lowest BCUT2D eigenvalue weighted by molar-refractivity contribution is -0.170. The Labute approximate surface area is 124 Å². The van der Waals surface area contributed by atoms with Gasteiger partial charge in [0.15, 0.2) is 0 Å². The van der Waals surface area contributed by atoms with Crippen molar-refractivity contribution < 1.29 is 9.53 Å². The van der Waals surface area contributed by atoms with Gasteiger partial charge in [-0.15, -0.1) is 0 Å². The van der Waals surface area contributed by atoms with Crippen LogP contribution in [0.3, 0.4) is 0 Å². The van der Waals surface area contributed by atoms with Gasteiger partial charge in [-0.2, -0.15) is 5.26 Å². The molecule has 0 spiro atoms. The van der Waals surface area contributed by atoms with E-state index in [2.05, 4.69) is 11.4 Å². The van der Waals surface area contributed by atoms with E-state index in [1.807, 2.05) is 13.8 Å². The van der Waals surface area contributed by atoms with E-state index in [0.717, 1.165) is 6.42 Å². The molecule has 21 heavy (non-hydrogen) atoms. The van der Waals surface area contributed by atoms with E-state index in [9.17, 15) is 4.79 Å². The Morgan fingerprint density at radius 2 is 2.19 bits per heavy atom. The molecular formula is C16H19N3O2. The number of nitrogens with two attached hydrogens (primary N) is 1. The highest BCUT2D eigenvalue weighted by atomic mass is 16.5. The van der Waals surface area contributed by atoms with Gasteiger partial charge in [0.05, 0.1) is 17.4 Å². The SMILES string of the molecule is CC1(C)C2OCCC2C1(N)C(=O)Nc1ccccc1C#N. The van der Waals surface area contributed by atoms with E-state index in [4.69, 9.17) is 15.7 Å². The summed E-state index contributed by atoms with van der Waals surface area (Å²) in [5.41, 5.74) is 6.04. The number of rotatable bonds is 2. The fourth-order valence-electron chi connectivity index (χ4n) is 3.76. The highest BCUT2D eigenvalue weighted by molar-refractivity contribution is 6.01. The highest BCUT2D eigenvalue weighted by Crippen LogP contribution is 2.58. The van der Waals surface area contributed by atoms with Gasteiger partial charge in [0.25, 0.3) is 0 Å². The Hall–Kier alpha value is -1.90. The van der Waals surface area contributed by atoms with Crippen LogP contribution in [0.15, 0.2) is 24.3 Å². The summed E-state index contributed by atoms with van der Waals surface area (Å²) in [7, 11) is 0. The first-order valence-electron chi connectivity index (χ1n) is 7.14. The number of nitriles is 1. The minimum Gasteiger partial charge on any atom is -0.377 e. The summed E-state index contributed by atoms with van der Waals surface area (Å²) in [5, 5.41) is 11.9. The first-order valence-corrected chi connectivity index (χ1v) is 7.14. The summed E-state index contributed by atoms with van der Waals surface area (Å²) in [6.07, 6.45) is 0.845. The van der Waals surface area contributed by atoms with Crippen molar-refractivity contribution in [2.75, 3.05) is 11.9 Å². The second-order valence-electron chi connectivity index (χ2n) is 6.39. The van der Waals surface area contributed by atoms with Crippen LogP contribution in [0.4, 0.5) is 5.69 Å². The zero-order valence-electron chi connectivity index (χ0n) is 12.2. The van der Waals surface area contributed by atoms with Crippen molar-refractivity contribution in [3.05, 3.63) is 29.8 Å². The van der Waals surface area contributed by atoms with Crippen LogP contribution in [0, 0.1) is 22.7 Å². The largest absolute Gasteiger partial charge is 0.377 e. The minimum absolute atomic E-state index is 0.0412. The molecule has 0 radical (unpaired) electrons. The van der Waals surface area contributed by atoms with E-state index in [1.165, 1.54) is 0 Å². The van der Waals surface area contributed by atoms with Gasteiger partial charge in [-0.25, -0.2) is 0 Å². The number of hydrogen-bond donors (Lipinski definition) is 2. The van der Waals surface area contributed by atoms with Crippen LogP contribution < -0.4 is 11.1 Å². The van der Waals surface area contributed by atoms with Crippen molar-refractivity contribution in [1.82, 2.24) is 0 Å². The van der Waals surface area contributed by atoms with Gasteiger partial charge in [0.1, 0.15) is 11.6 Å². The number of amides is 1. The van der Waals surface area contributed by atoms with Crippen molar-refractivity contribution in [2.24, 2.45) is 17.1 Å². The molecule has 3 unspecified atom stereocenters. The van der Waals surface area contributed by atoms with Gasteiger partial charge in [-0.1, -0.05) is 26.0 Å². The predicted octanol–water partition coefficient (Wildman–Crippen LogP) is 1.64. The number of ether oxygens (including phenoxy) is 1. The van der Waals surface area contributed by atoms with Crippen LogP contribution in [-0.4, -0.2) is 24.2 Å². The number of carbonyl (C=O) groups is 1. The maximum Gasteiger partial charge on any atom is 0.245 e. The third-order valence-corrected chi connectivity index (χ3v) is 5.13. The van der Waals surface area contributed by atoms with Crippen LogP contribution >= 0.6 is 0 Å². The van der Waals surface area contributed by atoms with E-state index in [0.29, 0.717) is 17.9 Å². The fraction of sp³-hybridized carbons (Fsp3) is 0.500. The summed E-state index contributed by atoms with van der Waals surface area (Å²) in [6, 6.07) is 9.01. The van der Waals surface area contributed by atoms with Gasteiger partial charge in [-0.05, 0) is 18.6 Å². The number of anilines is 1. The number of carbonyl (C=O) groups excluding carboxylic acids is 1. The summed E-state index contributed by atoms with van der Waals surface area (Å²) >= 11 is 0. The lowest BCUT2D eigenvalue weighted by Gasteiger charge is -2.60. The zero-order chi connectivity index (χ0) is 15.3. The van der Waals surface area contributed by atoms with E-state index < -0.39 is 11.0 Å². The molecule has 0 bridgehead atoms. The number of nitrogens with zero attached hydrogens (tertiary/aromatic N) is 1. The maximum absolute atomic E-state index is 12.7. The smallest absolute Gasteiger partial charge is 0.245 e. The second-order valence-corrected chi connectivity index (χ2v) is 6.39. The number of hydrogen-bond acceptors (Lipinski definition) is 4. The summed E-state index contributed by atoms with van der Waals surface area (Å²) in [4.78, 5) is 12.7. The van der Waals surface area contributed by atoms with Gasteiger partial charge in [0.2, 0.25) is 5.91 Å². The fourth-order valence-corrected chi connectivity index (χ4v) is 3.76. The topological polar surface area (TPSA) is 88.1 Å². The monoisotopic (exact) mass is 285 g/mol.